The number of aromatic nitrogens is 4. The average molecular weight is 262 g/mol. The number of tetrazole rings is 1. The van der Waals surface area contributed by atoms with E-state index in [2.05, 4.69) is 15.4 Å². The fraction of sp³-hybridized carbons (Fsp3) is 0.846. The molecule has 1 heterocycles. The van der Waals surface area contributed by atoms with Crippen LogP contribution in [0, 0.1) is 24.2 Å². The number of aliphatic carboxylic acids is 1. The third-order valence-electron chi connectivity index (χ3n) is 5.42. The monoisotopic (exact) mass is 262 g/mol. The summed E-state index contributed by atoms with van der Waals surface area (Å²) in [4.78, 5) is 13.5. The first-order chi connectivity index (χ1) is 9.01. The van der Waals surface area contributed by atoms with Crippen molar-refractivity contribution in [2.45, 2.75) is 51.0 Å². The van der Waals surface area contributed by atoms with Gasteiger partial charge in [-0.25, -0.2) is 0 Å². The molecule has 4 aliphatic rings. The maximum Gasteiger partial charge on any atom is 0.309 e. The summed E-state index contributed by atoms with van der Waals surface area (Å²) in [5.74, 6) is 1.08. The van der Waals surface area contributed by atoms with E-state index in [0.29, 0.717) is 24.1 Å². The number of hydrogen-bond donors (Lipinski definition) is 1. The second kappa shape index (κ2) is 3.35. The van der Waals surface area contributed by atoms with E-state index >= 15 is 0 Å². The number of nitrogens with zero attached hydrogens (tertiary/aromatic N) is 4. The minimum Gasteiger partial charge on any atom is -0.481 e. The van der Waals surface area contributed by atoms with Gasteiger partial charge in [0.1, 0.15) is 0 Å². The van der Waals surface area contributed by atoms with Crippen LogP contribution in [0.3, 0.4) is 0 Å². The molecule has 4 bridgehead atoms. The van der Waals surface area contributed by atoms with Gasteiger partial charge in [0, 0.05) is 0 Å². The van der Waals surface area contributed by atoms with Gasteiger partial charge in [-0.15, -0.1) is 10.2 Å². The summed E-state index contributed by atoms with van der Waals surface area (Å²) in [5.41, 5.74) is -0.727. The Balaban J connectivity index is 1.80. The Bertz CT molecular complexity index is 539. The van der Waals surface area contributed by atoms with Crippen molar-refractivity contribution in [3.63, 3.8) is 0 Å². The van der Waals surface area contributed by atoms with E-state index in [1.54, 1.807) is 4.80 Å². The molecule has 0 saturated heterocycles. The largest absolute Gasteiger partial charge is 0.481 e. The summed E-state index contributed by atoms with van der Waals surface area (Å²) in [5, 5.41) is 22.2. The topological polar surface area (TPSA) is 80.9 Å². The van der Waals surface area contributed by atoms with Crippen molar-refractivity contribution in [1.29, 1.82) is 0 Å². The van der Waals surface area contributed by atoms with Gasteiger partial charge in [-0.1, -0.05) is 0 Å². The van der Waals surface area contributed by atoms with E-state index in [1.165, 1.54) is 6.42 Å². The maximum atomic E-state index is 11.8. The Hall–Kier alpha value is -1.46. The van der Waals surface area contributed by atoms with E-state index in [4.69, 9.17) is 0 Å². The number of carboxylic acids is 1. The molecule has 4 saturated carbocycles. The number of aryl methyl sites for hydroxylation is 1. The minimum atomic E-state index is -0.622. The fourth-order valence-corrected chi connectivity index (χ4v) is 5.18. The normalized spacial score (nSPS) is 43.6. The van der Waals surface area contributed by atoms with Gasteiger partial charge in [-0.05, 0) is 62.5 Å². The highest BCUT2D eigenvalue weighted by molar-refractivity contribution is 5.75. The van der Waals surface area contributed by atoms with Crippen LogP contribution in [0.1, 0.15) is 44.3 Å². The Morgan fingerprint density at radius 1 is 1.32 bits per heavy atom. The van der Waals surface area contributed by atoms with Crippen LogP contribution in [0.25, 0.3) is 0 Å². The van der Waals surface area contributed by atoms with Gasteiger partial charge in [0.15, 0.2) is 5.82 Å². The predicted octanol–water partition coefficient (Wildman–Crippen LogP) is 1.36. The Morgan fingerprint density at radius 3 is 2.53 bits per heavy atom. The van der Waals surface area contributed by atoms with Crippen LogP contribution >= 0.6 is 0 Å². The van der Waals surface area contributed by atoms with Gasteiger partial charge in [0.25, 0.3) is 0 Å². The second-order valence-corrected chi connectivity index (χ2v) is 6.90. The molecule has 0 aromatic carbocycles. The second-order valence-electron chi connectivity index (χ2n) is 6.90. The summed E-state index contributed by atoms with van der Waals surface area (Å²) >= 11 is 0. The predicted molar refractivity (Wildman–Crippen MR) is 65.3 cm³/mol. The van der Waals surface area contributed by atoms with Crippen LogP contribution < -0.4 is 0 Å². The van der Waals surface area contributed by atoms with Gasteiger partial charge < -0.3 is 5.11 Å². The lowest BCUT2D eigenvalue weighted by atomic mass is 9.47. The first-order valence-electron chi connectivity index (χ1n) is 7.02. The van der Waals surface area contributed by atoms with Crippen molar-refractivity contribution < 1.29 is 9.90 Å². The number of hydrogen-bond acceptors (Lipinski definition) is 4. The van der Waals surface area contributed by atoms with Crippen molar-refractivity contribution in [3.8, 4) is 0 Å². The standard InChI is InChI=1S/C13H18N4O2/c1-8-14-16-17(15-8)13-5-9-2-10(6-13)4-12(3-9,7-13)11(18)19/h9-10H,2-7H2,1H3,(H,18,19)/t9-,10-,12?,13?/m0/s1. The summed E-state index contributed by atoms with van der Waals surface area (Å²) in [6, 6.07) is 0. The summed E-state index contributed by atoms with van der Waals surface area (Å²) in [7, 11) is 0. The van der Waals surface area contributed by atoms with E-state index in [-0.39, 0.29) is 5.54 Å². The van der Waals surface area contributed by atoms with Gasteiger partial charge in [0.2, 0.25) is 0 Å². The zero-order valence-electron chi connectivity index (χ0n) is 11.0. The molecule has 1 N–H and O–H groups in total. The van der Waals surface area contributed by atoms with Crippen LogP contribution in [0.5, 0.6) is 0 Å². The van der Waals surface area contributed by atoms with E-state index in [0.717, 1.165) is 25.7 Å². The summed E-state index contributed by atoms with van der Waals surface area (Å²) < 4.78 is 0. The molecule has 0 aliphatic heterocycles. The maximum absolute atomic E-state index is 11.8. The number of carbonyl (C=O) groups is 1. The minimum absolute atomic E-state index is 0.191. The third kappa shape index (κ3) is 1.42. The van der Waals surface area contributed by atoms with Gasteiger partial charge >= 0.3 is 5.97 Å². The molecule has 4 aliphatic carbocycles. The van der Waals surface area contributed by atoms with Crippen molar-refractivity contribution >= 4 is 5.97 Å². The lowest BCUT2D eigenvalue weighted by Gasteiger charge is -2.59. The number of rotatable bonds is 2. The lowest BCUT2D eigenvalue weighted by Crippen LogP contribution is -2.59. The van der Waals surface area contributed by atoms with Crippen LogP contribution in [-0.4, -0.2) is 31.3 Å². The molecule has 1 aromatic heterocycles. The molecule has 0 amide bonds. The molecule has 19 heavy (non-hydrogen) atoms. The Labute approximate surface area is 111 Å². The molecule has 5 rings (SSSR count). The van der Waals surface area contributed by atoms with Crippen molar-refractivity contribution in [2.24, 2.45) is 17.3 Å². The van der Waals surface area contributed by atoms with Crippen molar-refractivity contribution in [2.75, 3.05) is 0 Å². The third-order valence-corrected chi connectivity index (χ3v) is 5.42. The molecular formula is C13H18N4O2. The van der Waals surface area contributed by atoms with Crippen molar-refractivity contribution in [3.05, 3.63) is 5.82 Å². The quantitative estimate of drug-likeness (QED) is 0.870. The SMILES string of the molecule is Cc1nnn(C23C[C@H]4C[C@@H](CC(C(=O)O)(C4)C2)C3)n1. The van der Waals surface area contributed by atoms with Crippen LogP contribution in [0.2, 0.25) is 0 Å². The molecule has 102 valence electrons. The highest BCUT2D eigenvalue weighted by Crippen LogP contribution is 2.63. The van der Waals surface area contributed by atoms with Crippen LogP contribution in [0.4, 0.5) is 0 Å². The zero-order valence-corrected chi connectivity index (χ0v) is 11.0. The van der Waals surface area contributed by atoms with Gasteiger partial charge in [-0.3, -0.25) is 4.79 Å². The van der Waals surface area contributed by atoms with Gasteiger partial charge in [-0.2, -0.15) is 4.80 Å². The molecule has 0 unspecified atom stereocenters. The Morgan fingerprint density at radius 2 is 2.00 bits per heavy atom. The van der Waals surface area contributed by atoms with Crippen LogP contribution in [0.15, 0.2) is 0 Å². The van der Waals surface area contributed by atoms with Crippen molar-refractivity contribution in [1.82, 2.24) is 20.2 Å². The summed E-state index contributed by atoms with van der Waals surface area (Å²) in [6.45, 7) is 1.83. The average Bonchev–Trinajstić information content (AvgIpc) is 2.74. The first-order valence-corrected chi connectivity index (χ1v) is 7.02. The highest BCUT2D eigenvalue weighted by Gasteiger charge is 2.62. The van der Waals surface area contributed by atoms with E-state index in [9.17, 15) is 9.90 Å². The molecule has 6 nitrogen and oxygen atoms in total. The fourth-order valence-electron chi connectivity index (χ4n) is 5.18. The zero-order chi connectivity index (χ0) is 13.3. The first kappa shape index (κ1) is 11.4. The smallest absolute Gasteiger partial charge is 0.309 e. The molecule has 0 radical (unpaired) electrons. The van der Waals surface area contributed by atoms with E-state index in [1.807, 2.05) is 6.92 Å². The Kier molecular flexibility index (Phi) is 2.00. The summed E-state index contributed by atoms with van der Waals surface area (Å²) in [6.07, 6.45) is 5.59. The molecule has 1 aromatic rings. The van der Waals surface area contributed by atoms with Crippen LogP contribution in [-0.2, 0) is 10.3 Å². The molecule has 2 atom stereocenters. The molecule has 6 heteroatoms. The number of carboxylic acid groups (broad SMARTS) is 1. The highest BCUT2D eigenvalue weighted by atomic mass is 16.4. The lowest BCUT2D eigenvalue weighted by molar-refractivity contribution is -0.174. The molecular weight excluding hydrogens is 244 g/mol. The molecule has 0 spiro atoms. The molecule has 4 fully saturated rings. The van der Waals surface area contributed by atoms with E-state index < -0.39 is 11.4 Å². The van der Waals surface area contributed by atoms with Gasteiger partial charge in [0.05, 0.1) is 11.0 Å².